The molecule has 0 amide bonds. The third-order valence-corrected chi connectivity index (χ3v) is 2.56. The molecule has 94 valence electrons. The number of nitrogens with two attached hydrogens (primary N) is 1. The zero-order valence-electron chi connectivity index (χ0n) is 10.1. The van der Waals surface area contributed by atoms with Crippen LogP contribution in [0.25, 0.3) is 11.3 Å². The quantitative estimate of drug-likeness (QED) is 0.866. The molecule has 0 fully saturated rings. The van der Waals surface area contributed by atoms with Crippen LogP contribution in [0.4, 0.5) is 10.2 Å². The molecule has 0 saturated heterocycles. The van der Waals surface area contributed by atoms with Crippen molar-refractivity contribution in [3.05, 3.63) is 42.2 Å². The highest BCUT2D eigenvalue weighted by Crippen LogP contribution is 2.20. The number of anilines is 1. The number of aromatic nitrogens is 2. The van der Waals surface area contributed by atoms with E-state index in [1.807, 2.05) is 6.92 Å². The summed E-state index contributed by atoms with van der Waals surface area (Å²) in [6.07, 6.45) is 0. The number of hydrogen-bond acceptors (Lipinski definition) is 4. The van der Waals surface area contributed by atoms with Crippen molar-refractivity contribution in [2.45, 2.75) is 13.0 Å². The van der Waals surface area contributed by atoms with Crippen LogP contribution in [0.3, 0.4) is 0 Å². The lowest BCUT2D eigenvalue weighted by Gasteiger charge is -2.11. The highest BCUT2D eigenvalue weighted by molar-refractivity contribution is 5.60. The van der Waals surface area contributed by atoms with Crippen LogP contribution in [0.15, 0.2) is 36.4 Å². The average molecular weight is 246 g/mol. The van der Waals surface area contributed by atoms with Gasteiger partial charge in [0.15, 0.2) is 0 Å². The number of rotatable bonds is 4. The van der Waals surface area contributed by atoms with E-state index in [2.05, 4.69) is 15.5 Å². The van der Waals surface area contributed by atoms with E-state index in [1.165, 1.54) is 6.07 Å². The lowest BCUT2D eigenvalue weighted by Crippen LogP contribution is -2.25. The second-order valence-corrected chi connectivity index (χ2v) is 4.06. The van der Waals surface area contributed by atoms with Crippen LogP contribution in [-0.2, 0) is 0 Å². The summed E-state index contributed by atoms with van der Waals surface area (Å²) < 4.78 is 13.5. The lowest BCUT2D eigenvalue weighted by molar-refractivity contribution is 0.630. The molecule has 2 aromatic rings. The van der Waals surface area contributed by atoms with Crippen LogP contribution in [0.5, 0.6) is 0 Å². The normalized spacial score (nSPS) is 12.2. The summed E-state index contributed by atoms with van der Waals surface area (Å²) in [5.41, 5.74) is 6.46. The molecule has 2 rings (SSSR count). The maximum atomic E-state index is 13.5. The third-order valence-electron chi connectivity index (χ3n) is 2.56. The van der Waals surface area contributed by atoms with Gasteiger partial charge in [0.25, 0.3) is 0 Å². The fourth-order valence-corrected chi connectivity index (χ4v) is 1.53. The molecule has 1 aromatic heterocycles. The highest BCUT2D eigenvalue weighted by Gasteiger charge is 2.06. The Hall–Kier alpha value is -2.01. The van der Waals surface area contributed by atoms with Crippen molar-refractivity contribution in [3.8, 4) is 11.3 Å². The summed E-state index contributed by atoms with van der Waals surface area (Å²) in [7, 11) is 0. The zero-order chi connectivity index (χ0) is 13.0. The van der Waals surface area contributed by atoms with E-state index < -0.39 is 0 Å². The highest BCUT2D eigenvalue weighted by atomic mass is 19.1. The first-order chi connectivity index (χ1) is 8.70. The maximum absolute atomic E-state index is 13.5. The lowest BCUT2D eigenvalue weighted by atomic mass is 10.1. The molecule has 3 N–H and O–H groups in total. The van der Waals surface area contributed by atoms with Gasteiger partial charge in [-0.1, -0.05) is 12.1 Å². The number of halogens is 1. The Labute approximate surface area is 105 Å². The van der Waals surface area contributed by atoms with Crippen LogP contribution in [-0.4, -0.2) is 22.8 Å². The molecule has 1 unspecified atom stereocenters. The second kappa shape index (κ2) is 5.55. The van der Waals surface area contributed by atoms with E-state index in [4.69, 9.17) is 5.73 Å². The van der Waals surface area contributed by atoms with E-state index in [-0.39, 0.29) is 11.9 Å². The first-order valence-electron chi connectivity index (χ1n) is 5.76. The summed E-state index contributed by atoms with van der Waals surface area (Å²) in [6.45, 7) is 2.46. The Bertz CT molecular complexity index is 513. The molecular formula is C13H15FN4. The van der Waals surface area contributed by atoms with E-state index in [0.717, 1.165) is 0 Å². The van der Waals surface area contributed by atoms with Crippen LogP contribution in [0.1, 0.15) is 6.92 Å². The predicted octanol–water partition coefficient (Wildman–Crippen LogP) is 2.04. The second-order valence-electron chi connectivity index (χ2n) is 4.06. The van der Waals surface area contributed by atoms with Gasteiger partial charge < -0.3 is 11.1 Å². The molecule has 18 heavy (non-hydrogen) atoms. The van der Waals surface area contributed by atoms with Gasteiger partial charge >= 0.3 is 0 Å². The van der Waals surface area contributed by atoms with Gasteiger partial charge in [0.1, 0.15) is 11.6 Å². The molecule has 0 aliphatic rings. The fourth-order valence-electron chi connectivity index (χ4n) is 1.53. The molecule has 0 saturated carbocycles. The molecule has 0 aliphatic carbocycles. The van der Waals surface area contributed by atoms with Crippen LogP contribution >= 0.6 is 0 Å². The molecule has 0 aliphatic heterocycles. The first-order valence-corrected chi connectivity index (χ1v) is 5.76. The summed E-state index contributed by atoms with van der Waals surface area (Å²) in [5, 5.41) is 11.1. The van der Waals surface area contributed by atoms with Gasteiger partial charge in [-0.15, -0.1) is 10.2 Å². The minimum atomic E-state index is -0.303. The molecule has 4 nitrogen and oxygen atoms in total. The Kier molecular flexibility index (Phi) is 3.84. The van der Waals surface area contributed by atoms with Crippen molar-refractivity contribution >= 4 is 5.82 Å². The van der Waals surface area contributed by atoms with Crippen molar-refractivity contribution in [2.75, 3.05) is 11.9 Å². The van der Waals surface area contributed by atoms with Crippen molar-refractivity contribution in [1.82, 2.24) is 10.2 Å². The summed E-state index contributed by atoms with van der Waals surface area (Å²) in [6, 6.07) is 10.1. The van der Waals surface area contributed by atoms with Gasteiger partial charge in [0, 0.05) is 18.2 Å². The van der Waals surface area contributed by atoms with Crippen LogP contribution in [0.2, 0.25) is 0 Å². The monoisotopic (exact) mass is 246 g/mol. The molecular weight excluding hydrogens is 231 g/mol. The van der Waals surface area contributed by atoms with E-state index >= 15 is 0 Å². The SMILES string of the molecule is CC(CN)Nc1ccc(-c2ccccc2F)nn1. The zero-order valence-corrected chi connectivity index (χ0v) is 10.1. The Morgan fingerprint density at radius 3 is 2.61 bits per heavy atom. The predicted molar refractivity (Wildman–Crippen MR) is 69.6 cm³/mol. The molecule has 1 atom stereocenters. The van der Waals surface area contributed by atoms with E-state index in [0.29, 0.717) is 23.6 Å². The van der Waals surface area contributed by atoms with Crippen LogP contribution in [0, 0.1) is 5.82 Å². The topological polar surface area (TPSA) is 63.8 Å². The van der Waals surface area contributed by atoms with Gasteiger partial charge in [-0.2, -0.15) is 0 Å². The van der Waals surface area contributed by atoms with Gasteiger partial charge in [-0.3, -0.25) is 0 Å². The van der Waals surface area contributed by atoms with Gasteiger partial charge in [-0.05, 0) is 31.2 Å². The number of nitrogens with zero attached hydrogens (tertiary/aromatic N) is 2. The molecule has 0 bridgehead atoms. The van der Waals surface area contributed by atoms with Gasteiger partial charge in [0.05, 0.1) is 5.69 Å². The Morgan fingerprint density at radius 1 is 1.22 bits per heavy atom. The smallest absolute Gasteiger partial charge is 0.148 e. The number of benzene rings is 1. The Morgan fingerprint density at radius 2 is 2.00 bits per heavy atom. The number of nitrogens with one attached hydrogen (secondary N) is 1. The van der Waals surface area contributed by atoms with E-state index in [9.17, 15) is 4.39 Å². The van der Waals surface area contributed by atoms with Crippen molar-refractivity contribution in [3.63, 3.8) is 0 Å². The summed E-state index contributed by atoms with van der Waals surface area (Å²) >= 11 is 0. The third kappa shape index (κ3) is 2.81. The van der Waals surface area contributed by atoms with Crippen molar-refractivity contribution < 1.29 is 4.39 Å². The summed E-state index contributed by atoms with van der Waals surface area (Å²) in [4.78, 5) is 0. The van der Waals surface area contributed by atoms with Gasteiger partial charge in [0.2, 0.25) is 0 Å². The largest absolute Gasteiger partial charge is 0.365 e. The number of hydrogen-bond donors (Lipinski definition) is 2. The molecule has 1 heterocycles. The fraction of sp³-hybridized carbons (Fsp3) is 0.231. The maximum Gasteiger partial charge on any atom is 0.148 e. The van der Waals surface area contributed by atoms with Crippen molar-refractivity contribution in [1.29, 1.82) is 0 Å². The standard InChI is InChI=1S/C13H15FN4/c1-9(8-15)16-13-7-6-12(17-18-13)10-4-2-3-5-11(10)14/h2-7,9H,8,15H2,1H3,(H,16,18). The summed E-state index contributed by atoms with van der Waals surface area (Å²) in [5.74, 6) is 0.330. The van der Waals surface area contributed by atoms with E-state index in [1.54, 1.807) is 30.3 Å². The molecule has 0 radical (unpaired) electrons. The minimum Gasteiger partial charge on any atom is -0.365 e. The first kappa shape index (κ1) is 12.4. The molecule has 1 aromatic carbocycles. The van der Waals surface area contributed by atoms with Gasteiger partial charge in [-0.25, -0.2) is 4.39 Å². The minimum absolute atomic E-state index is 0.124. The molecule has 0 spiro atoms. The average Bonchev–Trinajstić information content (AvgIpc) is 2.40. The molecule has 5 heteroatoms. The Balaban J connectivity index is 2.20. The van der Waals surface area contributed by atoms with Crippen molar-refractivity contribution in [2.24, 2.45) is 5.73 Å². The van der Waals surface area contributed by atoms with Crippen LogP contribution < -0.4 is 11.1 Å².